The Labute approximate surface area is 180 Å². The van der Waals surface area contributed by atoms with Gasteiger partial charge in [0, 0.05) is 5.56 Å². The van der Waals surface area contributed by atoms with E-state index < -0.39 is 15.7 Å². The Morgan fingerprint density at radius 2 is 1.81 bits per heavy atom. The molecule has 2 saturated carbocycles. The zero-order chi connectivity index (χ0) is 21.8. The van der Waals surface area contributed by atoms with Gasteiger partial charge in [-0.1, -0.05) is 17.3 Å². The van der Waals surface area contributed by atoms with Crippen LogP contribution in [0.15, 0.2) is 46.7 Å². The smallest absolute Gasteiger partial charge is 0.279 e. The lowest BCUT2D eigenvalue weighted by atomic mass is 10.1. The van der Waals surface area contributed by atoms with Crippen LogP contribution in [0.25, 0.3) is 0 Å². The van der Waals surface area contributed by atoms with Gasteiger partial charge in [0.05, 0.1) is 34.8 Å². The van der Waals surface area contributed by atoms with E-state index in [4.69, 9.17) is 9.94 Å². The first kappa shape index (κ1) is 21.4. The normalized spacial score (nSPS) is 17.5. The second-order valence-corrected chi connectivity index (χ2v) is 9.95. The number of nitrogens with zero attached hydrogens (tertiary/aromatic N) is 3. The van der Waals surface area contributed by atoms with Crippen molar-refractivity contribution in [3.05, 3.63) is 47.9 Å². The molecular weight excluding hydrogens is 420 g/mol. The number of rotatable bonds is 8. The van der Waals surface area contributed by atoms with Crippen LogP contribution in [0.1, 0.15) is 49.8 Å². The number of oxime groups is 1. The molecule has 0 atom stereocenters. The molecule has 2 N–H and O–H groups in total. The molecule has 2 aliphatic rings. The van der Waals surface area contributed by atoms with Crippen LogP contribution < -0.4 is 5.32 Å². The van der Waals surface area contributed by atoms with Crippen molar-refractivity contribution < 1.29 is 23.2 Å². The summed E-state index contributed by atoms with van der Waals surface area (Å²) in [5, 5.41) is 15.5. The molecule has 1 heterocycles. The van der Waals surface area contributed by atoms with Gasteiger partial charge in [-0.25, -0.2) is 13.4 Å². The molecule has 0 bridgehead atoms. The molecule has 10 heteroatoms. The van der Waals surface area contributed by atoms with Gasteiger partial charge in [-0.15, -0.1) is 0 Å². The SMILES string of the molecule is O=C(Nc1cnc(CO)cn1)/C(=N/OC1CCCC1)c1ccc(S(=O)(=O)C2CC2)cc1. The molecule has 1 amide bonds. The molecule has 2 aromatic rings. The molecule has 0 aliphatic heterocycles. The molecule has 9 nitrogen and oxygen atoms in total. The van der Waals surface area contributed by atoms with Crippen LogP contribution in [0.3, 0.4) is 0 Å². The van der Waals surface area contributed by atoms with E-state index in [0.717, 1.165) is 25.7 Å². The van der Waals surface area contributed by atoms with Crippen LogP contribution in [-0.4, -0.2) is 46.5 Å². The van der Waals surface area contributed by atoms with Crippen molar-refractivity contribution in [1.29, 1.82) is 0 Å². The standard InChI is InChI=1S/C21H24N4O5S/c26-13-15-11-23-19(12-22-15)24-21(27)20(25-30-16-3-1-2-4-16)14-5-7-17(8-6-14)31(28,29)18-9-10-18/h5-8,11-12,16,18,26H,1-4,9-10,13H2,(H,23,24,27)/b25-20+. The van der Waals surface area contributed by atoms with E-state index in [0.29, 0.717) is 24.1 Å². The maximum Gasteiger partial charge on any atom is 0.279 e. The van der Waals surface area contributed by atoms with Gasteiger partial charge in [0.15, 0.2) is 21.4 Å². The van der Waals surface area contributed by atoms with Gasteiger partial charge in [-0.2, -0.15) is 0 Å². The number of aromatic nitrogens is 2. The second kappa shape index (κ2) is 9.11. The van der Waals surface area contributed by atoms with Crippen molar-refractivity contribution in [3.63, 3.8) is 0 Å². The van der Waals surface area contributed by atoms with Crippen molar-refractivity contribution in [2.24, 2.45) is 5.16 Å². The summed E-state index contributed by atoms with van der Waals surface area (Å²) in [5.74, 6) is -0.356. The van der Waals surface area contributed by atoms with Crippen molar-refractivity contribution in [1.82, 2.24) is 9.97 Å². The van der Waals surface area contributed by atoms with Gasteiger partial charge in [0.2, 0.25) is 0 Å². The average molecular weight is 445 g/mol. The lowest BCUT2D eigenvalue weighted by molar-refractivity contribution is -0.110. The molecule has 0 saturated heterocycles. The lowest BCUT2D eigenvalue weighted by Gasteiger charge is -2.11. The Balaban J connectivity index is 1.57. The highest BCUT2D eigenvalue weighted by molar-refractivity contribution is 7.92. The molecular formula is C21H24N4O5S. The van der Waals surface area contributed by atoms with Crippen LogP contribution in [-0.2, 0) is 26.1 Å². The minimum atomic E-state index is -3.32. The van der Waals surface area contributed by atoms with E-state index in [2.05, 4.69) is 20.4 Å². The third kappa shape index (κ3) is 5.08. The van der Waals surface area contributed by atoms with E-state index >= 15 is 0 Å². The Morgan fingerprint density at radius 1 is 1.10 bits per heavy atom. The number of nitrogens with one attached hydrogen (secondary N) is 1. The number of aliphatic hydroxyl groups excluding tert-OH is 1. The van der Waals surface area contributed by atoms with E-state index in [1.807, 2.05) is 0 Å². The fourth-order valence-electron chi connectivity index (χ4n) is 3.40. The number of anilines is 1. The molecule has 1 aromatic carbocycles. The minimum absolute atomic E-state index is 0.0234. The van der Waals surface area contributed by atoms with Gasteiger partial charge in [0.25, 0.3) is 5.91 Å². The molecule has 31 heavy (non-hydrogen) atoms. The zero-order valence-corrected chi connectivity index (χ0v) is 17.7. The van der Waals surface area contributed by atoms with Crippen LogP contribution in [0.5, 0.6) is 0 Å². The summed E-state index contributed by atoms with van der Waals surface area (Å²) >= 11 is 0. The Hall–Kier alpha value is -2.85. The zero-order valence-electron chi connectivity index (χ0n) is 16.9. The third-order valence-corrected chi connectivity index (χ3v) is 7.62. The number of sulfone groups is 1. The summed E-state index contributed by atoms with van der Waals surface area (Å²) in [6.45, 7) is -0.251. The number of aliphatic hydroxyl groups is 1. The van der Waals surface area contributed by atoms with Gasteiger partial charge in [-0.3, -0.25) is 9.78 Å². The minimum Gasteiger partial charge on any atom is -0.392 e. The summed E-state index contributed by atoms with van der Waals surface area (Å²) in [4.78, 5) is 26.8. The van der Waals surface area contributed by atoms with E-state index in [-0.39, 0.29) is 34.4 Å². The fraction of sp³-hybridized carbons (Fsp3) is 0.429. The topological polar surface area (TPSA) is 131 Å². The van der Waals surface area contributed by atoms with Crippen molar-refractivity contribution in [3.8, 4) is 0 Å². The average Bonchev–Trinajstić information content (AvgIpc) is 3.52. The first-order valence-corrected chi connectivity index (χ1v) is 11.8. The van der Waals surface area contributed by atoms with E-state index in [9.17, 15) is 13.2 Å². The second-order valence-electron chi connectivity index (χ2n) is 7.73. The fourth-order valence-corrected chi connectivity index (χ4v) is 5.05. The summed E-state index contributed by atoms with van der Waals surface area (Å²) in [6.07, 6.45) is 7.90. The Kier molecular flexibility index (Phi) is 6.28. The highest BCUT2D eigenvalue weighted by atomic mass is 32.2. The Morgan fingerprint density at radius 3 is 2.39 bits per heavy atom. The van der Waals surface area contributed by atoms with Crippen molar-refractivity contribution in [2.45, 2.75) is 61.4 Å². The maximum atomic E-state index is 12.9. The predicted molar refractivity (Wildman–Crippen MR) is 113 cm³/mol. The molecule has 2 fully saturated rings. The molecule has 0 radical (unpaired) electrons. The van der Waals surface area contributed by atoms with E-state index in [1.165, 1.54) is 24.5 Å². The quantitative estimate of drug-likeness (QED) is 0.471. The molecule has 0 spiro atoms. The highest BCUT2D eigenvalue weighted by Gasteiger charge is 2.36. The molecule has 4 rings (SSSR count). The van der Waals surface area contributed by atoms with Gasteiger partial charge in [0.1, 0.15) is 6.10 Å². The van der Waals surface area contributed by atoms with Gasteiger partial charge >= 0.3 is 0 Å². The summed E-state index contributed by atoms with van der Waals surface area (Å²) < 4.78 is 24.9. The molecule has 2 aliphatic carbocycles. The predicted octanol–water partition coefficient (Wildman–Crippen LogP) is 2.21. The molecule has 164 valence electrons. The number of amides is 1. The highest BCUT2D eigenvalue weighted by Crippen LogP contribution is 2.33. The van der Waals surface area contributed by atoms with Gasteiger partial charge in [-0.05, 0) is 50.7 Å². The number of benzene rings is 1. The first-order chi connectivity index (χ1) is 15.0. The number of carbonyl (C=O) groups excluding carboxylic acids is 1. The van der Waals surface area contributed by atoms with Crippen LogP contribution in [0, 0.1) is 0 Å². The monoisotopic (exact) mass is 444 g/mol. The lowest BCUT2D eigenvalue weighted by Crippen LogP contribution is -2.25. The van der Waals surface area contributed by atoms with Crippen LogP contribution in [0.2, 0.25) is 0 Å². The van der Waals surface area contributed by atoms with Gasteiger partial charge < -0.3 is 15.3 Å². The number of hydrogen-bond acceptors (Lipinski definition) is 8. The van der Waals surface area contributed by atoms with Crippen LogP contribution >= 0.6 is 0 Å². The molecule has 0 unspecified atom stereocenters. The maximum absolute atomic E-state index is 12.9. The number of hydrogen-bond donors (Lipinski definition) is 2. The largest absolute Gasteiger partial charge is 0.392 e. The summed E-state index contributed by atoms with van der Waals surface area (Å²) in [5.41, 5.74) is 0.837. The number of carbonyl (C=O) groups is 1. The van der Waals surface area contributed by atoms with Crippen molar-refractivity contribution >= 4 is 27.3 Å². The first-order valence-electron chi connectivity index (χ1n) is 10.3. The Bertz CT molecular complexity index is 1060. The van der Waals surface area contributed by atoms with E-state index in [1.54, 1.807) is 12.1 Å². The summed E-state index contributed by atoms with van der Waals surface area (Å²) in [6, 6.07) is 6.12. The third-order valence-electron chi connectivity index (χ3n) is 5.34. The summed E-state index contributed by atoms with van der Waals surface area (Å²) in [7, 11) is -3.32. The molecule has 1 aromatic heterocycles. The van der Waals surface area contributed by atoms with Crippen molar-refractivity contribution in [2.75, 3.05) is 5.32 Å². The van der Waals surface area contributed by atoms with Crippen LogP contribution in [0.4, 0.5) is 5.82 Å².